The number of rotatable bonds is 7. The van der Waals surface area contributed by atoms with E-state index in [1.807, 2.05) is 18.2 Å². The van der Waals surface area contributed by atoms with E-state index in [1.165, 1.54) is 13.4 Å². The first-order chi connectivity index (χ1) is 12.2. The Labute approximate surface area is 149 Å². The lowest BCUT2D eigenvalue weighted by Gasteiger charge is -2.14. The molecule has 0 fully saturated rings. The van der Waals surface area contributed by atoms with Crippen molar-refractivity contribution >= 4 is 28.2 Å². The number of methoxy groups -OCH3 is 1. The van der Waals surface area contributed by atoms with Crippen molar-refractivity contribution in [2.24, 2.45) is 0 Å². The van der Waals surface area contributed by atoms with Crippen molar-refractivity contribution in [3.05, 3.63) is 59.3 Å². The number of aromatic nitrogens is 2. The van der Waals surface area contributed by atoms with Crippen LogP contribution < -0.4 is 10.1 Å². The van der Waals surface area contributed by atoms with Crippen LogP contribution in [0.4, 0.5) is 10.2 Å². The van der Waals surface area contributed by atoms with Gasteiger partial charge in [-0.05, 0) is 23.4 Å². The van der Waals surface area contributed by atoms with Crippen LogP contribution in [-0.2, 0) is 11.2 Å². The summed E-state index contributed by atoms with van der Waals surface area (Å²) in [5.41, 5.74) is 0.751. The van der Waals surface area contributed by atoms with Gasteiger partial charge in [-0.1, -0.05) is 35.9 Å². The molecule has 0 radical (unpaired) electrons. The van der Waals surface area contributed by atoms with Gasteiger partial charge in [0, 0.05) is 25.1 Å². The lowest BCUT2D eigenvalue weighted by Crippen LogP contribution is -2.10. The zero-order chi connectivity index (χ0) is 17.6. The highest BCUT2D eigenvalue weighted by Gasteiger charge is 2.15. The molecule has 0 saturated heterocycles. The number of anilines is 1. The van der Waals surface area contributed by atoms with Gasteiger partial charge in [0.15, 0.2) is 18.4 Å². The quantitative estimate of drug-likeness (QED) is 0.508. The van der Waals surface area contributed by atoms with Gasteiger partial charge >= 0.3 is 0 Å². The van der Waals surface area contributed by atoms with Crippen LogP contribution in [-0.4, -0.2) is 30.4 Å². The van der Waals surface area contributed by atoms with Crippen molar-refractivity contribution in [1.82, 2.24) is 9.97 Å². The van der Waals surface area contributed by atoms with E-state index < -0.39 is 0 Å². The van der Waals surface area contributed by atoms with Crippen LogP contribution in [0.25, 0.3) is 10.8 Å². The van der Waals surface area contributed by atoms with Gasteiger partial charge in [-0.25, -0.2) is 14.4 Å². The fourth-order valence-electron chi connectivity index (χ4n) is 2.55. The first-order valence-corrected chi connectivity index (χ1v) is 8.10. The van der Waals surface area contributed by atoms with Gasteiger partial charge < -0.3 is 14.8 Å². The van der Waals surface area contributed by atoms with Gasteiger partial charge in [-0.3, -0.25) is 0 Å². The molecular weight excluding hydrogens is 345 g/mol. The van der Waals surface area contributed by atoms with Crippen LogP contribution in [0.15, 0.2) is 42.7 Å². The van der Waals surface area contributed by atoms with Crippen molar-refractivity contribution < 1.29 is 13.9 Å². The third-order valence-electron chi connectivity index (χ3n) is 3.67. The van der Waals surface area contributed by atoms with Crippen molar-refractivity contribution in [3.63, 3.8) is 0 Å². The second-order valence-corrected chi connectivity index (χ2v) is 5.74. The number of fused-ring (bicyclic) bond motifs is 1. The van der Waals surface area contributed by atoms with Crippen LogP contribution in [0.3, 0.4) is 0 Å². The molecule has 7 heteroatoms. The molecule has 5 nitrogen and oxygen atoms in total. The van der Waals surface area contributed by atoms with Gasteiger partial charge in [-0.15, -0.1) is 0 Å². The first kappa shape index (κ1) is 17.4. The molecule has 0 bridgehead atoms. The Morgan fingerprint density at radius 2 is 2.04 bits per heavy atom. The van der Waals surface area contributed by atoms with Crippen LogP contribution in [0, 0.1) is 5.82 Å². The molecule has 130 valence electrons. The molecule has 1 aromatic heterocycles. The molecule has 0 amide bonds. The Balaban J connectivity index is 1.83. The second-order valence-electron chi connectivity index (χ2n) is 5.35. The molecule has 0 aliphatic rings. The molecule has 3 aromatic rings. The van der Waals surface area contributed by atoms with Gasteiger partial charge in [0.2, 0.25) is 0 Å². The van der Waals surface area contributed by atoms with E-state index in [-0.39, 0.29) is 18.4 Å². The van der Waals surface area contributed by atoms with Gasteiger partial charge in [0.25, 0.3) is 0 Å². The summed E-state index contributed by atoms with van der Waals surface area (Å²) < 4.78 is 25.2. The van der Waals surface area contributed by atoms with E-state index in [2.05, 4.69) is 15.3 Å². The summed E-state index contributed by atoms with van der Waals surface area (Å²) in [4.78, 5) is 7.91. The van der Waals surface area contributed by atoms with Crippen molar-refractivity contribution in [2.45, 2.75) is 6.42 Å². The van der Waals surface area contributed by atoms with Crippen LogP contribution in [0.5, 0.6) is 5.75 Å². The van der Waals surface area contributed by atoms with E-state index in [9.17, 15) is 4.39 Å². The zero-order valence-corrected chi connectivity index (χ0v) is 14.4. The highest BCUT2D eigenvalue weighted by atomic mass is 35.5. The molecular formula is C18H17ClFN3O2. The summed E-state index contributed by atoms with van der Waals surface area (Å²) in [5.74, 6) is 0.443. The normalized spacial score (nSPS) is 10.8. The molecule has 1 N–H and O–H groups in total. The molecule has 0 saturated carbocycles. The van der Waals surface area contributed by atoms with Crippen molar-refractivity contribution in [1.29, 1.82) is 0 Å². The minimum absolute atomic E-state index is 0.0167. The summed E-state index contributed by atoms with van der Waals surface area (Å²) in [5, 5.41) is 4.84. The molecule has 0 aliphatic carbocycles. The number of ether oxygens (including phenoxy) is 2. The monoisotopic (exact) mass is 361 g/mol. The van der Waals surface area contributed by atoms with E-state index in [0.29, 0.717) is 29.3 Å². The predicted octanol–water partition coefficient (Wildman–Crippen LogP) is 4.06. The fourth-order valence-corrected chi connectivity index (χ4v) is 2.70. The number of nitrogens with one attached hydrogen (secondary N) is 1. The highest BCUT2D eigenvalue weighted by molar-refractivity contribution is 6.29. The average Bonchev–Trinajstić information content (AvgIpc) is 2.61. The van der Waals surface area contributed by atoms with E-state index in [1.54, 1.807) is 18.2 Å². The van der Waals surface area contributed by atoms with E-state index >= 15 is 0 Å². The van der Waals surface area contributed by atoms with Crippen molar-refractivity contribution in [3.8, 4) is 5.75 Å². The average molecular weight is 362 g/mol. The Bertz CT molecular complexity index is 876. The highest BCUT2D eigenvalue weighted by Crippen LogP contribution is 2.31. The molecule has 0 atom stereocenters. The van der Waals surface area contributed by atoms with E-state index in [4.69, 9.17) is 21.1 Å². The summed E-state index contributed by atoms with van der Waals surface area (Å²) in [6, 6.07) is 10.8. The number of halogens is 2. The van der Waals surface area contributed by atoms with Gasteiger partial charge in [-0.2, -0.15) is 0 Å². The van der Waals surface area contributed by atoms with E-state index in [0.717, 1.165) is 10.9 Å². The molecule has 0 aliphatic heterocycles. The van der Waals surface area contributed by atoms with Crippen molar-refractivity contribution in [2.75, 3.05) is 25.8 Å². The summed E-state index contributed by atoms with van der Waals surface area (Å²) >= 11 is 5.83. The number of nitrogens with zero attached hydrogens (tertiary/aromatic N) is 2. The largest absolute Gasteiger partial charge is 0.464 e. The number of benzene rings is 2. The van der Waals surface area contributed by atoms with Crippen LogP contribution in [0.2, 0.25) is 5.15 Å². The topological polar surface area (TPSA) is 56.3 Å². The Kier molecular flexibility index (Phi) is 5.63. The maximum Gasteiger partial charge on any atom is 0.188 e. The van der Waals surface area contributed by atoms with Gasteiger partial charge in [0.05, 0.1) is 0 Å². The molecule has 0 spiro atoms. The SMILES string of the molecule is COCOc1c(CCNc2cc(Cl)ncn2)cc2ccccc2c1F. The molecule has 0 unspecified atom stereocenters. The van der Waals surface area contributed by atoms with Crippen LogP contribution >= 0.6 is 11.6 Å². The first-order valence-electron chi connectivity index (χ1n) is 7.72. The Morgan fingerprint density at radius 1 is 1.20 bits per heavy atom. The predicted molar refractivity (Wildman–Crippen MR) is 95.6 cm³/mol. The summed E-state index contributed by atoms with van der Waals surface area (Å²) in [7, 11) is 1.50. The number of hydrogen-bond donors (Lipinski definition) is 1. The molecule has 3 rings (SSSR count). The Morgan fingerprint density at radius 3 is 2.84 bits per heavy atom. The summed E-state index contributed by atoms with van der Waals surface area (Å²) in [6.07, 6.45) is 1.93. The van der Waals surface area contributed by atoms with Crippen LogP contribution in [0.1, 0.15) is 5.56 Å². The second kappa shape index (κ2) is 8.09. The lowest BCUT2D eigenvalue weighted by molar-refractivity contribution is 0.0478. The third-order valence-corrected chi connectivity index (χ3v) is 3.88. The number of hydrogen-bond acceptors (Lipinski definition) is 5. The Hall–Kier alpha value is -2.44. The lowest BCUT2D eigenvalue weighted by atomic mass is 10.0. The maximum atomic E-state index is 14.8. The summed E-state index contributed by atoms with van der Waals surface area (Å²) in [6.45, 7) is 0.520. The minimum Gasteiger partial charge on any atom is -0.464 e. The minimum atomic E-state index is -0.379. The standard InChI is InChI=1S/C18H17ClFN3O2/c1-24-11-25-18-13(6-7-21-16-9-15(19)22-10-23-16)8-12-4-2-3-5-14(12)17(18)20/h2-5,8-10H,6-7,11H2,1H3,(H,21,22,23). The fraction of sp³-hybridized carbons (Fsp3) is 0.222. The maximum absolute atomic E-state index is 14.8. The molecule has 1 heterocycles. The van der Waals surface area contributed by atoms with Gasteiger partial charge in [0.1, 0.15) is 17.3 Å². The third kappa shape index (κ3) is 4.15. The zero-order valence-electron chi connectivity index (χ0n) is 13.6. The smallest absolute Gasteiger partial charge is 0.188 e. The molecule has 25 heavy (non-hydrogen) atoms. The molecule has 2 aromatic carbocycles.